The van der Waals surface area contributed by atoms with Gasteiger partial charge in [-0.3, -0.25) is 0 Å². The van der Waals surface area contributed by atoms with Gasteiger partial charge >= 0.3 is 0 Å². The Balaban J connectivity index is 2.31. The minimum atomic E-state index is 0.813. The van der Waals surface area contributed by atoms with Crippen LogP contribution in [-0.4, -0.2) is 9.97 Å². The lowest BCUT2D eigenvalue weighted by Gasteiger charge is -1.92. The molecule has 3 heteroatoms. The van der Waals surface area contributed by atoms with Crippen molar-refractivity contribution in [2.45, 2.75) is 0 Å². The molecule has 0 unspecified atom stereocenters. The Bertz CT molecular complexity index is 512. The van der Waals surface area contributed by atoms with E-state index in [0.29, 0.717) is 0 Å². The summed E-state index contributed by atoms with van der Waals surface area (Å²) >= 11 is 3.44. The molecule has 2 nitrogen and oxygen atoms in total. The maximum atomic E-state index is 3.89. The Hall–Kier alpha value is -1.66. The van der Waals surface area contributed by atoms with Crippen LogP contribution in [0.15, 0.2) is 47.5 Å². The van der Waals surface area contributed by atoms with Crippen molar-refractivity contribution < 1.29 is 0 Å². The Morgan fingerprint density at radius 3 is 2.47 bits per heavy atom. The summed E-state index contributed by atoms with van der Waals surface area (Å²) in [4.78, 5) is 7.79. The third-order valence-corrected chi connectivity index (χ3v) is 2.47. The lowest BCUT2D eigenvalue weighted by Crippen LogP contribution is -1.80. The smallest absolute Gasteiger partial charge is 0.115 e. The normalized spacial score (nSPS) is 9.13. The maximum Gasteiger partial charge on any atom is 0.115 e. The monoisotopic (exact) mass is 258 g/mol. The Kier molecular flexibility index (Phi) is 3.11. The first-order chi connectivity index (χ1) is 7.36. The van der Waals surface area contributed by atoms with Gasteiger partial charge in [0.2, 0.25) is 0 Å². The average molecular weight is 259 g/mol. The lowest BCUT2D eigenvalue weighted by molar-refractivity contribution is 1.16. The van der Waals surface area contributed by atoms with Crippen LogP contribution in [0.4, 0.5) is 0 Å². The predicted octanol–water partition coefficient (Wildman–Crippen LogP) is 2.64. The molecule has 0 spiro atoms. The Morgan fingerprint density at radius 2 is 1.73 bits per heavy atom. The van der Waals surface area contributed by atoms with E-state index in [0.717, 1.165) is 15.6 Å². The molecule has 0 aliphatic heterocycles. The molecule has 0 saturated carbocycles. The van der Waals surface area contributed by atoms with Gasteiger partial charge in [-0.2, -0.15) is 0 Å². The number of halogens is 1. The fraction of sp³-hybridized carbons (Fsp3) is 0. The van der Waals surface area contributed by atoms with Crippen LogP contribution < -0.4 is 0 Å². The van der Waals surface area contributed by atoms with Gasteiger partial charge in [0.05, 0.1) is 5.56 Å². The molecule has 0 aliphatic rings. The van der Waals surface area contributed by atoms with Gasteiger partial charge in [0.1, 0.15) is 6.33 Å². The highest BCUT2D eigenvalue weighted by molar-refractivity contribution is 9.10. The number of hydrogen-bond donors (Lipinski definition) is 0. The summed E-state index contributed by atoms with van der Waals surface area (Å²) in [7, 11) is 0. The molecule has 2 aromatic rings. The van der Waals surface area contributed by atoms with Crippen LogP contribution >= 0.6 is 15.9 Å². The summed E-state index contributed by atoms with van der Waals surface area (Å²) in [5.41, 5.74) is 1.77. The van der Waals surface area contributed by atoms with Crippen molar-refractivity contribution in [3.05, 3.63) is 58.6 Å². The molecule has 0 bridgehead atoms. The predicted molar refractivity (Wildman–Crippen MR) is 62.2 cm³/mol. The molecule has 1 aromatic carbocycles. The van der Waals surface area contributed by atoms with E-state index in [1.165, 1.54) is 6.33 Å². The topological polar surface area (TPSA) is 25.8 Å². The molecule has 0 atom stereocenters. The van der Waals surface area contributed by atoms with E-state index in [9.17, 15) is 0 Å². The molecule has 0 saturated heterocycles. The minimum absolute atomic E-state index is 0.813. The van der Waals surface area contributed by atoms with Gasteiger partial charge < -0.3 is 0 Å². The van der Waals surface area contributed by atoms with E-state index in [-0.39, 0.29) is 0 Å². The van der Waals surface area contributed by atoms with Crippen LogP contribution in [-0.2, 0) is 0 Å². The molecule has 2 rings (SSSR count). The summed E-state index contributed by atoms with van der Waals surface area (Å²) in [6.07, 6.45) is 4.87. The van der Waals surface area contributed by atoms with Crippen molar-refractivity contribution >= 4 is 15.9 Å². The largest absolute Gasteiger partial charge is 0.244 e. The summed E-state index contributed by atoms with van der Waals surface area (Å²) < 4.78 is 0.995. The number of aromatic nitrogens is 2. The van der Waals surface area contributed by atoms with Gasteiger partial charge in [-0.15, -0.1) is 0 Å². The van der Waals surface area contributed by atoms with Gasteiger partial charge in [-0.25, -0.2) is 9.97 Å². The van der Waals surface area contributed by atoms with Crippen LogP contribution in [0.25, 0.3) is 0 Å². The second-order valence-electron chi connectivity index (χ2n) is 2.86. The summed E-state index contributed by atoms with van der Waals surface area (Å²) in [6.45, 7) is 0. The zero-order valence-corrected chi connectivity index (χ0v) is 9.40. The zero-order chi connectivity index (χ0) is 10.5. The fourth-order valence-corrected chi connectivity index (χ4v) is 1.45. The molecule has 0 N–H and O–H groups in total. The lowest BCUT2D eigenvalue weighted by atomic mass is 10.2. The first-order valence-electron chi connectivity index (χ1n) is 4.38. The van der Waals surface area contributed by atoms with Gasteiger partial charge in [0.25, 0.3) is 0 Å². The third-order valence-electron chi connectivity index (χ3n) is 1.78. The molecule has 15 heavy (non-hydrogen) atoms. The molecule has 1 heterocycles. The average Bonchev–Trinajstić information content (AvgIpc) is 2.29. The summed E-state index contributed by atoms with van der Waals surface area (Å²) in [5.74, 6) is 6.05. The van der Waals surface area contributed by atoms with Gasteiger partial charge in [0, 0.05) is 22.4 Å². The molecule has 0 fully saturated rings. The first kappa shape index (κ1) is 9.88. The van der Waals surface area contributed by atoms with Crippen LogP contribution in [0.1, 0.15) is 11.1 Å². The van der Waals surface area contributed by atoms with Crippen molar-refractivity contribution in [2.24, 2.45) is 0 Å². The minimum Gasteiger partial charge on any atom is -0.244 e. The Labute approximate surface area is 96.5 Å². The highest BCUT2D eigenvalue weighted by Gasteiger charge is 1.92. The highest BCUT2D eigenvalue weighted by Crippen LogP contribution is 2.14. The van der Waals surface area contributed by atoms with Crippen LogP contribution in [0, 0.1) is 11.8 Å². The van der Waals surface area contributed by atoms with E-state index in [1.807, 2.05) is 24.3 Å². The van der Waals surface area contributed by atoms with Crippen molar-refractivity contribution in [1.29, 1.82) is 0 Å². The molecular formula is C12H7BrN2. The number of rotatable bonds is 0. The van der Waals surface area contributed by atoms with E-state index < -0.39 is 0 Å². The van der Waals surface area contributed by atoms with Crippen LogP contribution in [0.5, 0.6) is 0 Å². The van der Waals surface area contributed by atoms with E-state index >= 15 is 0 Å². The van der Waals surface area contributed by atoms with Gasteiger partial charge in [-0.1, -0.05) is 24.0 Å². The second kappa shape index (κ2) is 4.72. The molecular weight excluding hydrogens is 252 g/mol. The molecule has 0 amide bonds. The van der Waals surface area contributed by atoms with Crippen molar-refractivity contribution in [3.63, 3.8) is 0 Å². The fourth-order valence-electron chi connectivity index (χ4n) is 1.07. The molecule has 72 valence electrons. The van der Waals surface area contributed by atoms with E-state index in [1.54, 1.807) is 12.4 Å². The van der Waals surface area contributed by atoms with E-state index in [4.69, 9.17) is 0 Å². The quantitative estimate of drug-likeness (QED) is 0.680. The molecule has 0 aliphatic carbocycles. The number of benzene rings is 1. The first-order valence-corrected chi connectivity index (χ1v) is 5.17. The summed E-state index contributed by atoms with van der Waals surface area (Å²) in [6, 6.07) is 7.84. The van der Waals surface area contributed by atoms with Crippen molar-refractivity contribution in [1.82, 2.24) is 9.97 Å². The van der Waals surface area contributed by atoms with Gasteiger partial charge in [0.15, 0.2) is 0 Å². The SMILES string of the molecule is Brc1ccccc1C#Cc1cncnc1. The molecule has 0 radical (unpaired) electrons. The standard InChI is InChI=1S/C12H7BrN2/c13-12-4-2-1-3-11(12)6-5-10-7-14-9-15-8-10/h1-4,7-9H. The Morgan fingerprint density at radius 1 is 1.00 bits per heavy atom. The number of hydrogen-bond acceptors (Lipinski definition) is 2. The van der Waals surface area contributed by atoms with Crippen LogP contribution in [0.3, 0.4) is 0 Å². The van der Waals surface area contributed by atoms with Crippen molar-refractivity contribution in [3.8, 4) is 11.8 Å². The van der Waals surface area contributed by atoms with Crippen LogP contribution in [0.2, 0.25) is 0 Å². The van der Waals surface area contributed by atoms with Gasteiger partial charge in [-0.05, 0) is 28.1 Å². The zero-order valence-electron chi connectivity index (χ0n) is 7.81. The molecule has 1 aromatic heterocycles. The maximum absolute atomic E-state index is 3.89. The van der Waals surface area contributed by atoms with Crippen molar-refractivity contribution in [2.75, 3.05) is 0 Å². The summed E-state index contributed by atoms with van der Waals surface area (Å²) in [5, 5.41) is 0. The van der Waals surface area contributed by atoms with E-state index in [2.05, 4.69) is 37.7 Å². The highest BCUT2D eigenvalue weighted by atomic mass is 79.9. The third kappa shape index (κ3) is 2.64. The number of nitrogens with zero attached hydrogens (tertiary/aromatic N) is 2. The second-order valence-corrected chi connectivity index (χ2v) is 3.71.